The predicted octanol–water partition coefficient (Wildman–Crippen LogP) is 5.74. The molecular weight excluding hydrogens is 635 g/mol. The zero-order valence-electron chi connectivity index (χ0n) is 28.1. The summed E-state index contributed by atoms with van der Waals surface area (Å²) in [5, 5.41) is 0. The van der Waals surface area contributed by atoms with Crippen molar-refractivity contribution in [2.45, 2.75) is 51.4 Å². The molecule has 0 spiro atoms. The van der Waals surface area contributed by atoms with Crippen LogP contribution < -0.4 is 18.9 Å². The van der Waals surface area contributed by atoms with Gasteiger partial charge in [-0.25, -0.2) is 0 Å². The average Bonchev–Trinajstić information content (AvgIpc) is 3.05. The van der Waals surface area contributed by atoms with Crippen molar-refractivity contribution in [3.8, 4) is 23.0 Å². The van der Waals surface area contributed by atoms with Crippen LogP contribution in [0.1, 0.15) is 62.5 Å². The fraction of sp³-hybridized carbons (Fsp3) is 0.588. The number of halogens is 2. The molecule has 260 valence electrons. The number of hydrogen-bond donors (Lipinski definition) is 0. The summed E-state index contributed by atoms with van der Waals surface area (Å²) in [5.41, 5.74) is 1.74. The standard InChI is InChI=1S/C34H50N2O8.2ClH/c1-7-9-27(25-11-13-29(39-3)31(23-25)41-5)33(37)43-21-19-35-15-17-36(18-16-35)20-22-44-34(38)28(10-8-2)26-12-14-30(40-4)32(24-26)42-6;;/h11-14,23-24,27-28H,7-10,15-22H2,1-6H3;2*1H. The number of hydrogen-bond acceptors (Lipinski definition) is 10. The number of carbonyl (C=O) groups is 2. The summed E-state index contributed by atoms with van der Waals surface area (Å²) < 4.78 is 33.0. The van der Waals surface area contributed by atoms with Gasteiger partial charge in [-0.2, -0.15) is 0 Å². The minimum atomic E-state index is -0.344. The van der Waals surface area contributed by atoms with E-state index >= 15 is 0 Å². The second kappa shape index (κ2) is 21.8. The van der Waals surface area contributed by atoms with Gasteiger partial charge in [-0.05, 0) is 48.2 Å². The minimum absolute atomic E-state index is 0. The highest BCUT2D eigenvalue weighted by Crippen LogP contribution is 2.34. The fourth-order valence-corrected chi connectivity index (χ4v) is 5.55. The summed E-state index contributed by atoms with van der Waals surface area (Å²) in [6.07, 6.45) is 3.12. The molecule has 2 atom stereocenters. The number of ether oxygens (including phenoxy) is 6. The average molecular weight is 688 g/mol. The molecular formula is C34H52Cl2N2O8. The van der Waals surface area contributed by atoms with Crippen LogP contribution in [0.4, 0.5) is 0 Å². The topological polar surface area (TPSA) is 96.0 Å². The van der Waals surface area contributed by atoms with E-state index in [1.165, 1.54) is 0 Å². The minimum Gasteiger partial charge on any atom is -0.493 e. The van der Waals surface area contributed by atoms with Gasteiger partial charge in [0.1, 0.15) is 13.2 Å². The van der Waals surface area contributed by atoms with Crippen LogP contribution in [0, 0.1) is 0 Å². The van der Waals surface area contributed by atoms with Gasteiger partial charge in [0.15, 0.2) is 23.0 Å². The summed E-state index contributed by atoms with van der Waals surface area (Å²) in [7, 11) is 6.36. The molecule has 0 saturated carbocycles. The summed E-state index contributed by atoms with van der Waals surface area (Å²) in [4.78, 5) is 30.6. The monoisotopic (exact) mass is 686 g/mol. The number of esters is 2. The van der Waals surface area contributed by atoms with E-state index in [4.69, 9.17) is 28.4 Å². The van der Waals surface area contributed by atoms with Gasteiger partial charge in [-0.15, -0.1) is 24.8 Å². The molecule has 0 N–H and O–H groups in total. The molecule has 0 radical (unpaired) electrons. The van der Waals surface area contributed by atoms with Crippen molar-refractivity contribution in [1.29, 1.82) is 0 Å². The first-order valence-corrected chi connectivity index (χ1v) is 15.6. The number of rotatable bonds is 18. The molecule has 2 aromatic rings. The van der Waals surface area contributed by atoms with Crippen LogP contribution in [0.25, 0.3) is 0 Å². The Hall–Kier alpha value is -2.92. The van der Waals surface area contributed by atoms with E-state index in [1.54, 1.807) is 28.4 Å². The maximum Gasteiger partial charge on any atom is 0.313 e. The molecule has 0 aliphatic carbocycles. The molecule has 2 aromatic carbocycles. The van der Waals surface area contributed by atoms with Crippen molar-refractivity contribution in [3.63, 3.8) is 0 Å². The molecule has 0 bridgehead atoms. The largest absolute Gasteiger partial charge is 0.493 e. The van der Waals surface area contributed by atoms with Crippen LogP contribution in [-0.4, -0.2) is 103 Å². The van der Waals surface area contributed by atoms with Crippen molar-refractivity contribution < 1.29 is 38.0 Å². The maximum atomic E-state index is 13.0. The van der Waals surface area contributed by atoms with Crippen LogP contribution >= 0.6 is 24.8 Å². The molecule has 1 aliphatic rings. The van der Waals surface area contributed by atoms with Crippen LogP contribution in [0.5, 0.6) is 23.0 Å². The highest BCUT2D eigenvalue weighted by Gasteiger charge is 2.25. The SMILES string of the molecule is CCCC(C(=O)OCCN1CCN(CCOC(=O)C(CCC)c2ccc(OC)c(OC)c2)CC1)c1ccc(OC)c(OC)c1.Cl.Cl. The van der Waals surface area contributed by atoms with Crippen molar-refractivity contribution in [2.24, 2.45) is 0 Å². The van der Waals surface area contributed by atoms with E-state index in [9.17, 15) is 9.59 Å². The number of methoxy groups -OCH3 is 4. The Morgan fingerprint density at radius 2 is 0.957 bits per heavy atom. The third-order valence-electron chi connectivity index (χ3n) is 8.11. The van der Waals surface area contributed by atoms with E-state index in [0.717, 1.165) is 50.1 Å². The third-order valence-corrected chi connectivity index (χ3v) is 8.11. The Balaban J connectivity index is 0.00000529. The summed E-state index contributed by atoms with van der Waals surface area (Å²) in [6, 6.07) is 11.2. The van der Waals surface area contributed by atoms with E-state index in [0.29, 0.717) is 62.1 Å². The second-order valence-electron chi connectivity index (χ2n) is 10.9. The Kier molecular flexibility index (Phi) is 19.5. The normalized spacial score (nSPS) is 14.6. The molecule has 1 saturated heterocycles. The maximum absolute atomic E-state index is 13.0. The van der Waals surface area contributed by atoms with Crippen molar-refractivity contribution >= 4 is 36.8 Å². The molecule has 46 heavy (non-hydrogen) atoms. The van der Waals surface area contributed by atoms with Crippen LogP contribution in [0.15, 0.2) is 36.4 Å². The second-order valence-corrected chi connectivity index (χ2v) is 10.9. The summed E-state index contributed by atoms with van der Waals surface area (Å²) in [5.74, 6) is 1.35. The van der Waals surface area contributed by atoms with Gasteiger partial charge < -0.3 is 28.4 Å². The van der Waals surface area contributed by atoms with Gasteiger partial charge in [-0.3, -0.25) is 19.4 Å². The highest BCUT2D eigenvalue weighted by molar-refractivity contribution is 5.85. The van der Waals surface area contributed by atoms with E-state index in [2.05, 4.69) is 23.6 Å². The van der Waals surface area contributed by atoms with Crippen LogP contribution in [0.3, 0.4) is 0 Å². The first-order valence-electron chi connectivity index (χ1n) is 15.6. The number of piperazine rings is 1. The lowest BCUT2D eigenvalue weighted by molar-refractivity contribution is -0.147. The van der Waals surface area contributed by atoms with Crippen molar-refractivity contribution in [2.75, 3.05) is 80.9 Å². The molecule has 12 heteroatoms. The van der Waals surface area contributed by atoms with Crippen LogP contribution in [-0.2, 0) is 19.1 Å². The zero-order valence-corrected chi connectivity index (χ0v) is 29.7. The van der Waals surface area contributed by atoms with Gasteiger partial charge >= 0.3 is 11.9 Å². The first-order chi connectivity index (χ1) is 21.4. The van der Waals surface area contributed by atoms with Gasteiger partial charge in [0, 0.05) is 39.3 Å². The van der Waals surface area contributed by atoms with E-state index in [-0.39, 0.29) is 48.6 Å². The number of nitrogens with zero attached hydrogens (tertiary/aromatic N) is 2. The molecule has 2 unspecified atom stereocenters. The van der Waals surface area contributed by atoms with Crippen molar-refractivity contribution in [3.05, 3.63) is 47.5 Å². The Morgan fingerprint density at radius 3 is 1.26 bits per heavy atom. The smallest absolute Gasteiger partial charge is 0.313 e. The Bertz CT molecular complexity index is 1100. The van der Waals surface area contributed by atoms with Crippen molar-refractivity contribution in [1.82, 2.24) is 9.80 Å². The van der Waals surface area contributed by atoms with E-state index < -0.39 is 0 Å². The van der Waals surface area contributed by atoms with E-state index in [1.807, 2.05) is 36.4 Å². The molecule has 3 rings (SSSR count). The number of carbonyl (C=O) groups excluding carboxylic acids is 2. The lowest BCUT2D eigenvalue weighted by Crippen LogP contribution is -2.48. The third kappa shape index (κ3) is 11.7. The molecule has 1 fully saturated rings. The highest BCUT2D eigenvalue weighted by atomic mass is 35.5. The summed E-state index contributed by atoms with van der Waals surface area (Å²) >= 11 is 0. The first kappa shape index (κ1) is 41.1. The molecule has 0 aromatic heterocycles. The zero-order chi connectivity index (χ0) is 31.9. The molecule has 1 aliphatic heterocycles. The van der Waals surface area contributed by atoms with Gasteiger partial charge in [0.2, 0.25) is 0 Å². The van der Waals surface area contributed by atoms with Gasteiger partial charge in [0.25, 0.3) is 0 Å². The van der Waals surface area contributed by atoms with Crippen LogP contribution in [0.2, 0.25) is 0 Å². The molecule has 10 nitrogen and oxygen atoms in total. The Morgan fingerprint density at radius 1 is 0.609 bits per heavy atom. The Labute approximate surface area is 286 Å². The lowest BCUT2D eigenvalue weighted by Gasteiger charge is -2.34. The number of benzene rings is 2. The quantitative estimate of drug-likeness (QED) is 0.181. The summed E-state index contributed by atoms with van der Waals surface area (Å²) in [6.45, 7) is 9.64. The molecule has 0 amide bonds. The lowest BCUT2D eigenvalue weighted by atomic mass is 9.94. The van der Waals surface area contributed by atoms with Gasteiger partial charge in [-0.1, -0.05) is 38.8 Å². The fourth-order valence-electron chi connectivity index (χ4n) is 5.55. The molecule has 1 heterocycles. The predicted molar refractivity (Wildman–Crippen MR) is 184 cm³/mol. The van der Waals surface area contributed by atoms with Gasteiger partial charge in [0.05, 0.1) is 40.3 Å².